The van der Waals surface area contributed by atoms with Crippen molar-refractivity contribution in [1.82, 2.24) is 0 Å². The molecule has 22 heavy (non-hydrogen) atoms. The molecule has 1 fully saturated rings. The van der Waals surface area contributed by atoms with E-state index in [-0.39, 0.29) is 11.5 Å². The van der Waals surface area contributed by atoms with E-state index in [2.05, 4.69) is 0 Å². The van der Waals surface area contributed by atoms with Gasteiger partial charge in [0.1, 0.15) is 5.60 Å². The Labute approximate surface area is 134 Å². The van der Waals surface area contributed by atoms with Crippen molar-refractivity contribution in [3.8, 4) is 0 Å². The lowest BCUT2D eigenvalue weighted by molar-refractivity contribution is -0.137. The van der Waals surface area contributed by atoms with E-state index in [0.717, 1.165) is 35.1 Å². The van der Waals surface area contributed by atoms with Crippen LogP contribution in [-0.2, 0) is 9.59 Å². The number of hydrogen-bond acceptors (Lipinski definition) is 4. The van der Waals surface area contributed by atoms with Crippen LogP contribution >= 0.6 is 11.8 Å². The van der Waals surface area contributed by atoms with Crippen LogP contribution in [0, 0.1) is 5.41 Å². The third-order valence-electron chi connectivity index (χ3n) is 5.34. The molecular formula is C17H20O4S. The highest BCUT2D eigenvalue weighted by Gasteiger charge is 2.64. The van der Waals surface area contributed by atoms with Gasteiger partial charge in [-0.3, -0.25) is 9.59 Å². The van der Waals surface area contributed by atoms with Crippen molar-refractivity contribution in [3.63, 3.8) is 0 Å². The molecule has 5 heteroatoms. The Morgan fingerprint density at radius 2 is 2.00 bits per heavy atom. The molecule has 0 aliphatic heterocycles. The van der Waals surface area contributed by atoms with Crippen molar-refractivity contribution in [2.45, 2.75) is 39.2 Å². The Morgan fingerprint density at radius 3 is 2.55 bits per heavy atom. The van der Waals surface area contributed by atoms with Gasteiger partial charge in [-0.2, -0.15) is 0 Å². The number of aliphatic carboxylic acids is 1. The number of carboxylic acids is 1. The quantitative estimate of drug-likeness (QED) is 0.832. The van der Waals surface area contributed by atoms with Crippen molar-refractivity contribution >= 4 is 23.5 Å². The fourth-order valence-electron chi connectivity index (χ4n) is 3.84. The summed E-state index contributed by atoms with van der Waals surface area (Å²) in [6.45, 7) is 5.59. The number of hydrogen-bond donors (Lipinski definition) is 2. The Hall–Kier alpha value is -1.33. The van der Waals surface area contributed by atoms with E-state index in [1.165, 1.54) is 11.8 Å². The molecule has 0 aromatic carbocycles. The van der Waals surface area contributed by atoms with Gasteiger partial charge < -0.3 is 10.2 Å². The minimum Gasteiger partial charge on any atom is -0.481 e. The highest BCUT2D eigenvalue weighted by Crippen LogP contribution is 2.65. The van der Waals surface area contributed by atoms with Crippen LogP contribution in [0.5, 0.6) is 0 Å². The zero-order chi connectivity index (χ0) is 16.3. The summed E-state index contributed by atoms with van der Waals surface area (Å²) in [5, 5.41) is 19.5. The maximum atomic E-state index is 12.7. The molecule has 3 rings (SSSR count). The predicted molar refractivity (Wildman–Crippen MR) is 85.7 cm³/mol. The molecule has 4 nitrogen and oxygen atoms in total. The summed E-state index contributed by atoms with van der Waals surface area (Å²) in [6.07, 6.45) is 3.52. The molecule has 1 atom stereocenters. The van der Waals surface area contributed by atoms with Crippen molar-refractivity contribution < 1.29 is 19.8 Å². The molecule has 2 N–H and O–H groups in total. The number of thioether (sulfide) groups is 1. The molecule has 1 spiro atoms. The maximum absolute atomic E-state index is 12.7. The summed E-state index contributed by atoms with van der Waals surface area (Å²) in [7, 11) is 0. The van der Waals surface area contributed by atoms with Crippen LogP contribution in [0.25, 0.3) is 0 Å². The Morgan fingerprint density at radius 1 is 1.36 bits per heavy atom. The van der Waals surface area contributed by atoms with Gasteiger partial charge in [0.15, 0.2) is 5.78 Å². The molecular weight excluding hydrogens is 300 g/mol. The van der Waals surface area contributed by atoms with Gasteiger partial charge in [-0.1, -0.05) is 5.57 Å². The highest BCUT2D eigenvalue weighted by molar-refractivity contribution is 8.00. The minimum absolute atomic E-state index is 0.0508. The second-order valence-corrected chi connectivity index (χ2v) is 7.58. The van der Waals surface area contributed by atoms with Crippen molar-refractivity contribution in [2.24, 2.45) is 5.41 Å². The van der Waals surface area contributed by atoms with E-state index in [9.17, 15) is 14.7 Å². The van der Waals surface area contributed by atoms with E-state index >= 15 is 0 Å². The van der Waals surface area contributed by atoms with E-state index in [1.807, 2.05) is 19.9 Å². The zero-order valence-corrected chi connectivity index (χ0v) is 13.8. The topological polar surface area (TPSA) is 74.6 Å². The molecule has 0 heterocycles. The normalized spacial score (nSPS) is 29.1. The van der Waals surface area contributed by atoms with Gasteiger partial charge in [0.05, 0.1) is 5.75 Å². The second kappa shape index (κ2) is 4.83. The van der Waals surface area contributed by atoms with E-state index < -0.39 is 17.0 Å². The predicted octanol–water partition coefficient (Wildman–Crippen LogP) is 2.49. The lowest BCUT2D eigenvalue weighted by Crippen LogP contribution is -2.49. The number of fused-ring (bicyclic) bond motifs is 1. The van der Waals surface area contributed by atoms with Crippen LogP contribution in [-0.4, -0.2) is 39.1 Å². The Kier molecular flexibility index (Phi) is 3.42. The van der Waals surface area contributed by atoms with Crippen molar-refractivity contribution in [2.75, 3.05) is 11.5 Å². The van der Waals surface area contributed by atoms with E-state index in [0.29, 0.717) is 11.3 Å². The summed E-state index contributed by atoms with van der Waals surface area (Å²) in [4.78, 5) is 23.4. The number of aliphatic hydroxyl groups is 1. The second-order valence-electron chi connectivity index (χ2n) is 6.59. The fraction of sp³-hybridized carbons (Fsp3) is 0.529. The Bertz CT molecular complexity index is 675. The average molecular weight is 320 g/mol. The smallest absolute Gasteiger partial charge is 0.313 e. The molecule has 0 aromatic rings. The van der Waals surface area contributed by atoms with E-state index in [4.69, 9.17) is 5.11 Å². The van der Waals surface area contributed by atoms with Crippen LogP contribution in [0.4, 0.5) is 0 Å². The number of carbonyl (C=O) groups is 2. The molecule has 0 amide bonds. The number of allylic oxidation sites excluding steroid dienone is 3. The van der Waals surface area contributed by atoms with Crippen molar-refractivity contribution in [1.29, 1.82) is 0 Å². The molecule has 0 aromatic heterocycles. The first-order valence-electron chi connectivity index (χ1n) is 7.42. The van der Waals surface area contributed by atoms with Gasteiger partial charge in [0, 0.05) is 16.7 Å². The van der Waals surface area contributed by atoms with Crippen LogP contribution in [0.15, 0.2) is 33.9 Å². The lowest BCUT2D eigenvalue weighted by atomic mass is 9.67. The van der Waals surface area contributed by atoms with Crippen LogP contribution in [0.1, 0.15) is 33.6 Å². The van der Waals surface area contributed by atoms with Crippen LogP contribution in [0.2, 0.25) is 0 Å². The molecule has 3 aliphatic carbocycles. The summed E-state index contributed by atoms with van der Waals surface area (Å²) in [5.41, 5.74) is 2.97. The number of carboxylic acid groups (broad SMARTS) is 1. The zero-order valence-electron chi connectivity index (χ0n) is 13.0. The fourth-order valence-corrected chi connectivity index (χ4v) is 4.69. The molecule has 0 radical (unpaired) electrons. The minimum atomic E-state index is -1.32. The number of ketones is 1. The van der Waals surface area contributed by atoms with E-state index in [1.54, 1.807) is 6.92 Å². The molecule has 3 aliphatic rings. The van der Waals surface area contributed by atoms with Gasteiger partial charge in [0.25, 0.3) is 0 Å². The summed E-state index contributed by atoms with van der Waals surface area (Å²) in [6, 6.07) is 0. The molecule has 1 saturated carbocycles. The van der Waals surface area contributed by atoms with Crippen LogP contribution in [0.3, 0.4) is 0 Å². The van der Waals surface area contributed by atoms with Gasteiger partial charge in [0.2, 0.25) is 0 Å². The van der Waals surface area contributed by atoms with Crippen LogP contribution < -0.4 is 0 Å². The van der Waals surface area contributed by atoms with Gasteiger partial charge in [-0.15, -0.1) is 11.8 Å². The van der Waals surface area contributed by atoms with Gasteiger partial charge in [-0.05, 0) is 56.4 Å². The highest BCUT2D eigenvalue weighted by atomic mass is 32.2. The third kappa shape index (κ3) is 1.95. The maximum Gasteiger partial charge on any atom is 0.313 e. The molecule has 0 bridgehead atoms. The first kappa shape index (κ1) is 15.6. The Balaban J connectivity index is 1.99. The first-order valence-corrected chi connectivity index (χ1v) is 8.58. The third-order valence-corrected chi connectivity index (χ3v) is 6.29. The number of Topliss-reactive ketones (excluding diaryl/α,β-unsaturated/α-hetero) is 1. The van der Waals surface area contributed by atoms with Gasteiger partial charge in [-0.25, -0.2) is 0 Å². The molecule has 0 saturated heterocycles. The number of rotatable bonds is 4. The lowest BCUT2D eigenvalue weighted by Gasteiger charge is -2.39. The monoisotopic (exact) mass is 320 g/mol. The SMILES string of the molecule is CC1=C(CSCC(=O)O)C2=C(C)C3(CC3)[C@@](C)(O)C(=O)C2=C1. The average Bonchev–Trinajstić information content (AvgIpc) is 3.18. The number of carbonyl (C=O) groups excluding carboxylic acids is 1. The summed E-state index contributed by atoms with van der Waals surface area (Å²) in [5.74, 6) is -0.393. The standard InChI is InChI=1S/C17H20O4S/c1-9-6-11-14(12(9)7-22-8-13(18)19)10(2)17(4-5-17)16(3,21)15(11)20/h6,21H,4-5,7-8H2,1-3H3,(H,18,19)/t16-/m0/s1. The first-order chi connectivity index (χ1) is 10.2. The van der Waals surface area contributed by atoms with Crippen molar-refractivity contribution in [3.05, 3.63) is 33.9 Å². The summed E-state index contributed by atoms with van der Waals surface area (Å²) >= 11 is 1.34. The largest absolute Gasteiger partial charge is 0.481 e. The van der Waals surface area contributed by atoms with Gasteiger partial charge >= 0.3 is 5.97 Å². The molecule has 0 unspecified atom stereocenters. The molecule has 118 valence electrons. The summed E-state index contributed by atoms with van der Waals surface area (Å²) < 4.78 is 0.